The second-order valence-electron chi connectivity index (χ2n) is 4.63. The van der Waals surface area contributed by atoms with E-state index in [1.54, 1.807) is 45.6 Å². The van der Waals surface area contributed by atoms with Crippen LogP contribution in [0.1, 0.15) is 15.9 Å². The summed E-state index contributed by atoms with van der Waals surface area (Å²) in [6.45, 7) is 0. The standard InChI is InChI=1S/C18H17IO4/c1-21-16-11-7-13(17(22-2)18(16)23-3)6-10-15(20)12-4-8-14(19)9-5-12/h4-11H,1-3H3. The summed E-state index contributed by atoms with van der Waals surface area (Å²) in [5.41, 5.74) is 1.38. The average Bonchev–Trinajstić information content (AvgIpc) is 2.59. The Morgan fingerprint density at radius 2 is 1.57 bits per heavy atom. The van der Waals surface area contributed by atoms with Crippen molar-refractivity contribution >= 4 is 34.5 Å². The molecule has 0 saturated carbocycles. The number of allylic oxidation sites excluding steroid dienone is 1. The second kappa shape index (κ2) is 8.01. The molecule has 2 aromatic rings. The van der Waals surface area contributed by atoms with Crippen LogP contribution in [-0.2, 0) is 0 Å². The molecule has 0 fully saturated rings. The summed E-state index contributed by atoms with van der Waals surface area (Å²) in [4.78, 5) is 12.2. The molecule has 2 rings (SSSR count). The van der Waals surface area contributed by atoms with Crippen molar-refractivity contribution in [2.75, 3.05) is 21.3 Å². The highest BCUT2D eigenvalue weighted by Gasteiger charge is 2.14. The number of ether oxygens (including phenoxy) is 3. The van der Waals surface area contributed by atoms with Crippen LogP contribution in [0.3, 0.4) is 0 Å². The van der Waals surface area contributed by atoms with Crippen LogP contribution in [0.4, 0.5) is 0 Å². The van der Waals surface area contributed by atoms with Gasteiger partial charge >= 0.3 is 0 Å². The first-order chi connectivity index (χ1) is 11.1. The molecule has 5 heteroatoms. The highest BCUT2D eigenvalue weighted by molar-refractivity contribution is 14.1. The summed E-state index contributed by atoms with van der Waals surface area (Å²) in [6, 6.07) is 11.0. The third kappa shape index (κ3) is 4.04. The fraction of sp³-hybridized carbons (Fsp3) is 0.167. The Labute approximate surface area is 149 Å². The predicted molar refractivity (Wildman–Crippen MR) is 98.6 cm³/mol. The summed E-state index contributed by atoms with van der Waals surface area (Å²) < 4.78 is 17.1. The first-order valence-corrected chi connectivity index (χ1v) is 7.95. The van der Waals surface area contributed by atoms with Crippen molar-refractivity contribution in [2.45, 2.75) is 0 Å². The average molecular weight is 424 g/mol. The van der Waals surface area contributed by atoms with Gasteiger partial charge in [0, 0.05) is 14.7 Å². The zero-order chi connectivity index (χ0) is 16.8. The van der Waals surface area contributed by atoms with Crippen molar-refractivity contribution in [1.82, 2.24) is 0 Å². The molecular weight excluding hydrogens is 407 g/mol. The third-order valence-corrected chi connectivity index (χ3v) is 4.00. The van der Waals surface area contributed by atoms with Crippen LogP contribution in [0.15, 0.2) is 42.5 Å². The SMILES string of the molecule is COc1ccc(C=CC(=O)c2ccc(I)cc2)c(OC)c1OC. The van der Waals surface area contributed by atoms with E-state index in [1.165, 1.54) is 6.08 Å². The van der Waals surface area contributed by atoms with Crippen molar-refractivity contribution in [3.8, 4) is 17.2 Å². The molecule has 0 radical (unpaired) electrons. The molecule has 0 unspecified atom stereocenters. The van der Waals surface area contributed by atoms with Crippen LogP contribution in [0, 0.1) is 3.57 Å². The lowest BCUT2D eigenvalue weighted by molar-refractivity contribution is 0.104. The van der Waals surface area contributed by atoms with Gasteiger partial charge in [0.1, 0.15) is 0 Å². The van der Waals surface area contributed by atoms with Crippen LogP contribution in [0.5, 0.6) is 17.2 Å². The fourth-order valence-electron chi connectivity index (χ4n) is 2.13. The van der Waals surface area contributed by atoms with Gasteiger partial charge in [0.15, 0.2) is 17.3 Å². The molecule has 120 valence electrons. The molecule has 4 nitrogen and oxygen atoms in total. The largest absolute Gasteiger partial charge is 0.493 e. The van der Waals surface area contributed by atoms with E-state index in [1.807, 2.05) is 18.2 Å². The maximum absolute atomic E-state index is 12.2. The Morgan fingerprint density at radius 1 is 0.913 bits per heavy atom. The topological polar surface area (TPSA) is 44.8 Å². The maximum Gasteiger partial charge on any atom is 0.203 e. The zero-order valence-electron chi connectivity index (χ0n) is 13.1. The number of benzene rings is 2. The molecule has 0 bridgehead atoms. The molecule has 0 spiro atoms. The number of hydrogen-bond donors (Lipinski definition) is 0. The quantitative estimate of drug-likeness (QED) is 0.396. The third-order valence-electron chi connectivity index (χ3n) is 3.28. The molecule has 0 amide bonds. The highest BCUT2D eigenvalue weighted by atomic mass is 127. The van der Waals surface area contributed by atoms with Crippen molar-refractivity contribution in [2.24, 2.45) is 0 Å². The van der Waals surface area contributed by atoms with E-state index in [0.717, 1.165) is 9.13 Å². The van der Waals surface area contributed by atoms with E-state index in [9.17, 15) is 4.79 Å². The molecule has 0 aliphatic carbocycles. The minimum absolute atomic E-state index is 0.0711. The molecule has 0 aliphatic heterocycles. The van der Waals surface area contributed by atoms with Crippen LogP contribution >= 0.6 is 22.6 Å². The second-order valence-corrected chi connectivity index (χ2v) is 5.87. The van der Waals surface area contributed by atoms with Gasteiger partial charge in [-0.25, -0.2) is 0 Å². The van der Waals surface area contributed by atoms with Crippen molar-refractivity contribution < 1.29 is 19.0 Å². The molecular formula is C18H17IO4. The van der Waals surface area contributed by atoms with Crippen LogP contribution in [-0.4, -0.2) is 27.1 Å². The normalized spacial score (nSPS) is 10.6. The summed E-state index contributed by atoms with van der Waals surface area (Å²) in [5.74, 6) is 1.53. The first kappa shape index (κ1) is 17.3. The maximum atomic E-state index is 12.2. The fourth-order valence-corrected chi connectivity index (χ4v) is 2.49. The van der Waals surface area contributed by atoms with Crippen molar-refractivity contribution in [3.05, 3.63) is 57.2 Å². The van der Waals surface area contributed by atoms with Gasteiger partial charge in [-0.3, -0.25) is 4.79 Å². The molecule has 0 aromatic heterocycles. The van der Waals surface area contributed by atoms with Crippen LogP contribution in [0.25, 0.3) is 6.08 Å². The minimum Gasteiger partial charge on any atom is -0.493 e. The number of methoxy groups -OCH3 is 3. The van der Waals surface area contributed by atoms with Crippen LogP contribution in [0.2, 0.25) is 0 Å². The van der Waals surface area contributed by atoms with E-state index in [4.69, 9.17) is 14.2 Å². The minimum atomic E-state index is -0.0711. The monoisotopic (exact) mass is 424 g/mol. The Hall–Kier alpha value is -2.02. The molecule has 0 heterocycles. The molecule has 2 aromatic carbocycles. The Balaban J connectivity index is 2.32. The molecule has 0 saturated heterocycles. The lowest BCUT2D eigenvalue weighted by Gasteiger charge is -2.13. The highest BCUT2D eigenvalue weighted by Crippen LogP contribution is 2.40. The van der Waals surface area contributed by atoms with Gasteiger partial charge in [-0.15, -0.1) is 0 Å². The van der Waals surface area contributed by atoms with Crippen LogP contribution < -0.4 is 14.2 Å². The number of ketones is 1. The number of carbonyl (C=O) groups excluding carboxylic acids is 1. The lowest BCUT2D eigenvalue weighted by atomic mass is 10.1. The Kier molecular flexibility index (Phi) is 6.04. The van der Waals surface area contributed by atoms with Gasteiger partial charge in [-0.1, -0.05) is 12.1 Å². The van der Waals surface area contributed by atoms with Gasteiger partial charge in [-0.2, -0.15) is 0 Å². The van der Waals surface area contributed by atoms with Crippen molar-refractivity contribution in [1.29, 1.82) is 0 Å². The van der Waals surface area contributed by atoms with E-state index in [2.05, 4.69) is 22.6 Å². The Bertz CT molecular complexity index is 721. The molecule has 0 N–H and O–H groups in total. The summed E-state index contributed by atoms with van der Waals surface area (Å²) in [7, 11) is 4.66. The van der Waals surface area contributed by atoms with Crippen molar-refractivity contribution in [3.63, 3.8) is 0 Å². The summed E-state index contributed by atoms with van der Waals surface area (Å²) in [6.07, 6.45) is 3.23. The van der Waals surface area contributed by atoms with E-state index in [-0.39, 0.29) is 5.78 Å². The molecule has 23 heavy (non-hydrogen) atoms. The van der Waals surface area contributed by atoms with E-state index in [0.29, 0.717) is 22.8 Å². The first-order valence-electron chi connectivity index (χ1n) is 6.87. The van der Waals surface area contributed by atoms with E-state index < -0.39 is 0 Å². The zero-order valence-corrected chi connectivity index (χ0v) is 15.3. The number of halogens is 1. The van der Waals surface area contributed by atoms with Gasteiger partial charge in [0.2, 0.25) is 5.75 Å². The van der Waals surface area contributed by atoms with Gasteiger partial charge in [0.25, 0.3) is 0 Å². The predicted octanol–water partition coefficient (Wildman–Crippen LogP) is 4.21. The van der Waals surface area contributed by atoms with Gasteiger partial charge in [-0.05, 0) is 59.0 Å². The molecule has 0 aliphatic rings. The number of hydrogen-bond acceptors (Lipinski definition) is 4. The Morgan fingerprint density at radius 3 is 2.13 bits per heavy atom. The lowest BCUT2D eigenvalue weighted by Crippen LogP contribution is -1.97. The van der Waals surface area contributed by atoms with Gasteiger partial charge < -0.3 is 14.2 Å². The van der Waals surface area contributed by atoms with Gasteiger partial charge in [0.05, 0.1) is 21.3 Å². The number of rotatable bonds is 6. The molecule has 0 atom stereocenters. The smallest absolute Gasteiger partial charge is 0.203 e. The summed E-state index contributed by atoms with van der Waals surface area (Å²) in [5, 5.41) is 0. The van der Waals surface area contributed by atoms with E-state index >= 15 is 0 Å². The summed E-state index contributed by atoms with van der Waals surface area (Å²) >= 11 is 2.20. The number of carbonyl (C=O) groups is 1.